The van der Waals surface area contributed by atoms with Crippen LogP contribution in [0.4, 0.5) is 11.5 Å². The molecule has 100 valence electrons. The third kappa shape index (κ3) is 2.76. The summed E-state index contributed by atoms with van der Waals surface area (Å²) in [7, 11) is 1.98. The molecule has 0 saturated heterocycles. The van der Waals surface area contributed by atoms with E-state index in [4.69, 9.17) is 0 Å². The van der Waals surface area contributed by atoms with E-state index in [1.54, 1.807) is 13.1 Å². The number of anilines is 2. The molecule has 0 aliphatic rings. The van der Waals surface area contributed by atoms with Crippen LogP contribution in [0.2, 0.25) is 0 Å². The number of aromatic nitrogens is 1. The molecule has 2 rings (SSSR count). The van der Waals surface area contributed by atoms with Gasteiger partial charge in [0.15, 0.2) is 0 Å². The summed E-state index contributed by atoms with van der Waals surface area (Å²) in [5.74, 6) is 0.796. The summed E-state index contributed by atoms with van der Waals surface area (Å²) in [5, 5.41) is 9.85. The maximum Gasteiger partial charge on any atom is 0.138 e. The van der Waals surface area contributed by atoms with Crippen LogP contribution >= 0.6 is 0 Å². The monoisotopic (exact) mass is 256 g/mol. The molecule has 0 radical (unpaired) electrons. The van der Waals surface area contributed by atoms with Crippen molar-refractivity contribution in [3.63, 3.8) is 0 Å². The molecule has 0 fully saturated rings. The first-order valence-corrected chi connectivity index (χ1v) is 6.44. The third-order valence-corrected chi connectivity index (χ3v) is 3.30. The van der Waals surface area contributed by atoms with Gasteiger partial charge in [-0.25, -0.2) is 4.98 Å². The molecule has 3 nitrogen and oxygen atoms in total. The summed E-state index contributed by atoms with van der Waals surface area (Å²) < 4.78 is 0. The van der Waals surface area contributed by atoms with Crippen LogP contribution in [0.1, 0.15) is 29.7 Å². The highest BCUT2D eigenvalue weighted by Crippen LogP contribution is 2.30. The van der Waals surface area contributed by atoms with Crippen molar-refractivity contribution in [3.05, 3.63) is 53.2 Å². The van der Waals surface area contributed by atoms with Crippen LogP contribution in [0.25, 0.3) is 0 Å². The molecule has 1 atom stereocenters. The minimum absolute atomic E-state index is 0.531. The lowest BCUT2D eigenvalue weighted by molar-refractivity contribution is 0.199. The molecule has 1 N–H and O–H groups in total. The number of aryl methyl sites for hydroxylation is 2. The zero-order valence-electron chi connectivity index (χ0n) is 11.9. The molecule has 0 spiro atoms. The Hall–Kier alpha value is -1.87. The molecular weight excluding hydrogens is 236 g/mol. The molecule has 1 aromatic heterocycles. The largest absolute Gasteiger partial charge is 0.389 e. The van der Waals surface area contributed by atoms with Gasteiger partial charge in [-0.05, 0) is 38.5 Å². The highest BCUT2D eigenvalue weighted by atomic mass is 16.3. The number of nitrogens with zero attached hydrogens (tertiary/aromatic N) is 2. The van der Waals surface area contributed by atoms with E-state index in [1.165, 1.54) is 11.1 Å². The number of hydrogen-bond donors (Lipinski definition) is 1. The predicted molar refractivity (Wildman–Crippen MR) is 78.8 cm³/mol. The molecule has 0 unspecified atom stereocenters. The molecule has 1 heterocycles. The minimum atomic E-state index is -0.531. The maximum absolute atomic E-state index is 9.85. The first-order valence-electron chi connectivity index (χ1n) is 6.44. The molecule has 0 aliphatic carbocycles. The van der Waals surface area contributed by atoms with Gasteiger partial charge in [0.25, 0.3) is 0 Å². The topological polar surface area (TPSA) is 36.4 Å². The van der Waals surface area contributed by atoms with E-state index in [2.05, 4.69) is 37.0 Å². The summed E-state index contributed by atoms with van der Waals surface area (Å²) in [6, 6.07) is 10.1. The van der Waals surface area contributed by atoms with Gasteiger partial charge in [-0.3, -0.25) is 0 Å². The zero-order chi connectivity index (χ0) is 14.0. The molecule has 0 amide bonds. The van der Waals surface area contributed by atoms with Crippen LogP contribution < -0.4 is 4.90 Å². The van der Waals surface area contributed by atoms with Crippen molar-refractivity contribution in [2.75, 3.05) is 11.9 Å². The van der Waals surface area contributed by atoms with E-state index in [9.17, 15) is 5.11 Å². The maximum atomic E-state index is 9.85. The number of pyridine rings is 1. The summed E-state index contributed by atoms with van der Waals surface area (Å²) in [6.45, 7) is 5.93. The lowest BCUT2D eigenvalue weighted by Crippen LogP contribution is -2.15. The third-order valence-electron chi connectivity index (χ3n) is 3.30. The number of aliphatic hydroxyl groups excluding tert-OH is 1. The predicted octanol–water partition coefficient (Wildman–Crippen LogP) is 3.52. The van der Waals surface area contributed by atoms with Crippen molar-refractivity contribution >= 4 is 11.5 Å². The van der Waals surface area contributed by atoms with Crippen molar-refractivity contribution in [1.82, 2.24) is 4.98 Å². The van der Waals surface area contributed by atoms with Crippen LogP contribution in [0, 0.1) is 13.8 Å². The van der Waals surface area contributed by atoms with Gasteiger partial charge in [-0.15, -0.1) is 0 Å². The molecule has 0 bridgehead atoms. The van der Waals surface area contributed by atoms with E-state index in [1.807, 2.05) is 24.1 Å². The van der Waals surface area contributed by atoms with E-state index in [0.29, 0.717) is 0 Å². The van der Waals surface area contributed by atoms with Gasteiger partial charge in [0, 0.05) is 24.5 Å². The van der Waals surface area contributed by atoms with Crippen molar-refractivity contribution < 1.29 is 5.11 Å². The standard InChI is InChI=1S/C16H20N2O/c1-11-7-8-15(12(2)10-11)18(4)16-14(13(3)19)6-5-9-17-16/h5-10,13,19H,1-4H3/t13-/m1/s1. The van der Waals surface area contributed by atoms with Crippen LogP contribution in [0.3, 0.4) is 0 Å². The van der Waals surface area contributed by atoms with E-state index < -0.39 is 6.10 Å². The Balaban J connectivity index is 2.47. The van der Waals surface area contributed by atoms with E-state index >= 15 is 0 Å². The fourth-order valence-electron chi connectivity index (χ4n) is 2.31. The average molecular weight is 256 g/mol. The van der Waals surface area contributed by atoms with E-state index in [-0.39, 0.29) is 0 Å². The van der Waals surface area contributed by atoms with Gasteiger partial charge < -0.3 is 10.0 Å². The molecule has 1 aromatic carbocycles. The zero-order valence-corrected chi connectivity index (χ0v) is 11.9. The Kier molecular flexibility index (Phi) is 3.86. The van der Waals surface area contributed by atoms with Crippen LogP contribution in [0.5, 0.6) is 0 Å². The molecule has 0 aliphatic heterocycles. The Morgan fingerprint density at radius 1 is 1.21 bits per heavy atom. The minimum Gasteiger partial charge on any atom is -0.389 e. The van der Waals surface area contributed by atoms with E-state index in [0.717, 1.165) is 17.1 Å². The Labute approximate surface area is 114 Å². The second-order valence-electron chi connectivity index (χ2n) is 4.94. The Morgan fingerprint density at radius 2 is 1.95 bits per heavy atom. The summed E-state index contributed by atoms with van der Waals surface area (Å²) in [4.78, 5) is 6.43. The molecule has 2 aromatic rings. The normalized spacial score (nSPS) is 12.3. The molecule has 3 heteroatoms. The summed E-state index contributed by atoms with van der Waals surface area (Å²) >= 11 is 0. The van der Waals surface area contributed by atoms with Gasteiger partial charge in [0.2, 0.25) is 0 Å². The highest BCUT2D eigenvalue weighted by molar-refractivity contribution is 5.65. The second kappa shape index (κ2) is 5.41. The Morgan fingerprint density at radius 3 is 2.58 bits per heavy atom. The van der Waals surface area contributed by atoms with Gasteiger partial charge in [-0.1, -0.05) is 23.8 Å². The Bertz CT molecular complexity index is 579. The van der Waals surface area contributed by atoms with Crippen LogP contribution in [-0.2, 0) is 0 Å². The lowest BCUT2D eigenvalue weighted by atomic mass is 10.1. The smallest absolute Gasteiger partial charge is 0.138 e. The number of hydrogen-bond acceptors (Lipinski definition) is 3. The summed E-state index contributed by atoms with van der Waals surface area (Å²) in [6.07, 6.45) is 1.22. The first kappa shape index (κ1) is 13.6. The number of rotatable bonds is 3. The van der Waals surface area contributed by atoms with Crippen LogP contribution in [0.15, 0.2) is 36.5 Å². The lowest BCUT2D eigenvalue weighted by Gasteiger charge is -2.24. The fraction of sp³-hybridized carbons (Fsp3) is 0.312. The van der Waals surface area contributed by atoms with Gasteiger partial charge in [0.1, 0.15) is 5.82 Å². The van der Waals surface area contributed by atoms with Crippen molar-refractivity contribution in [1.29, 1.82) is 0 Å². The van der Waals surface area contributed by atoms with Crippen molar-refractivity contribution in [2.45, 2.75) is 26.9 Å². The first-order chi connectivity index (χ1) is 9.00. The highest BCUT2D eigenvalue weighted by Gasteiger charge is 2.15. The molecule has 0 saturated carbocycles. The van der Waals surface area contributed by atoms with Crippen LogP contribution in [-0.4, -0.2) is 17.1 Å². The second-order valence-corrected chi connectivity index (χ2v) is 4.94. The van der Waals surface area contributed by atoms with Crippen molar-refractivity contribution in [3.8, 4) is 0 Å². The number of benzene rings is 1. The quantitative estimate of drug-likeness (QED) is 0.912. The van der Waals surface area contributed by atoms with Gasteiger partial charge in [-0.2, -0.15) is 0 Å². The average Bonchev–Trinajstić information content (AvgIpc) is 2.38. The molecular formula is C16H20N2O. The molecule has 19 heavy (non-hydrogen) atoms. The SMILES string of the molecule is Cc1ccc(N(C)c2ncccc2[C@@H](C)O)c(C)c1. The van der Waals surface area contributed by atoms with Crippen molar-refractivity contribution in [2.24, 2.45) is 0 Å². The fourth-order valence-corrected chi connectivity index (χ4v) is 2.31. The summed E-state index contributed by atoms with van der Waals surface area (Å²) in [5.41, 5.74) is 4.38. The van der Waals surface area contributed by atoms with Gasteiger partial charge >= 0.3 is 0 Å². The van der Waals surface area contributed by atoms with Gasteiger partial charge in [0.05, 0.1) is 6.10 Å². The number of aliphatic hydroxyl groups is 1.